The number of aromatic nitrogens is 1. The Morgan fingerprint density at radius 2 is 1.91 bits per heavy atom. The van der Waals surface area contributed by atoms with Gasteiger partial charge in [-0.15, -0.1) is 0 Å². The number of H-pyrrole nitrogens is 1. The predicted octanol–water partition coefficient (Wildman–Crippen LogP) is 5.50. The molecule has 0 aliphatic heterocycles. The van der Waals surface area contributed by atoms with E-state index in [1.807, 2.05) is 19.9 Å². The van der Waals surface area contributed by atoms with Gasteiger partial charge in [0.05, 0.1) is 16.7 Å². The number of nitriles is 1. The summed E-state index contributed by atoms with van der Waals surface area (Å²) in [7, 11) is 0. The Morgan fingerprint density at radius 3 is 2.59 bits per heavy atom. The van der Waals surface area contributed by atoms with E-state index >= 15 is 4.39 Å². The smallest absolute Gasteiger partial charge is 0.268 e. The number of rotatable bonds is 7. The van der Waals surface area contributed by atoms with Gasteiger partial charge >= 0.3 is 0 Å². The van der Waals surface area contributed by atoms with Gasteiger partial charge in [-0.25, -0.2) is 4.39 Å². The Balaban J connectivity index is 1.77. The number of aromatic amines is 1. The summed E-state index contributed by atoms with van der Waals surface area (Å²) in [6, 6.07) is 10.6. The molecule has 0 atom stereocenters. The highest BCUT2D eigenvalue weighted by Gasteiger charge is 2.19. The number of aryl methyl sites for hydroxylation is 1. The lowest BCUT2D eigenvalue weighted by atomic mass is 10.1. The fraction of sp³-hybridized carbons (Fsp3) is 0.208. The lowest BCUT2D eigenvalue weighted by Gasteiger charge is -2.13. The first-order chi connectivity index (χ1) is 16.1. The molecule has 3 rings (SSSR count). The summed E-state index contributed by atoms with van der Waals surface area (Å²) < 4.78 is 20.7. The van der Waals surface area contributed by atoms with E-state index < -0.39 is 11.7 Å². The minimum Gasteiger partial charge on any atom is -0.453 e. The maximum atomic E-state index is 15.1. The Kier molecular flexibility index (Phi) is 7.82. The number of hydrogen-bond donors (Lipinski definition) is 3. The predicted molar refractivity (Wildman–Crippen MR) is 127 cm³/mol. The third-order valence-corrected chi connectivity index (χ3v) is 5.21. The van der Waals surface area contributed by atoms with Crippen molar-refractivity contribution in [1.82, 2.24) is 15.6 Å². The standard InChI is InChI=1S/C24H21Cl2FN4O3/c1-12(2)30-23(32)19-6-13(3)21(31-19)24(33)29-11-15-4-5-18(26)22(20(15)27)34-17-8-14(10-28)7-16(25)9-17/h4-9,12,31H,11H2,1-3H3,(H,29,33)(H,30,32). The van der Waals surface area contributed by atoms with Crippen molar-refractivity contribution in [1.29, 1.82) is 5.26 Å². The average Bonchev–Trinajstić information content (AvgIpc) is 3.17. The third kappa shape index (κ3) is 5.87. The van der Waals surface area contributed by atoms with Crippen LogP contribution in [-0.4, -0.2) is 22.8 Å². The van der Waals surface area contributed by atoms with Gasteiger partial charge in [-0.2, -0.15) is 5.26 Å². The molecule has 0 spiro atoms. The van der Waals surface area contributed by atoms with Gasteiger partial charge in [0.1, 0.15) is 17.1 Å². The Labute approximate surface area is 205 Å². The van der Waals surface area contributed by atoms with Crippen molar-refractivity contribution in [2.45, 2.75) is 33.4 Å². The molecule has 0 fully saturated rings. The van der Waals surface area contributed by atoms with Crippen LogP contribution in [0.5, 0.6) is 11.5 Å². The summed E-state index contributed by atoms with van der Waals surface area (Å²) in [4.78, 5) is 27.6. The molecular weight excluding hydrogens is 482 g/mol. The van der Waals surface area contributed by atoms with Crippen LogP contribution in [0.4, 0.5) is 4.39 Å². The molecule has 0 bridgehead atoms. The number of nitrogens with one attached hydrogen (secondary N) is 3. The lowest BCUT2D eigenvalue weighted by Crippen LogP contribution is -2.30. The minimum absolute atomic E-state index is 0.00655. The molecule has 0 unspecified atom stereocenters. The molecule has 7 nitrogen and oxygen atoms in total. The Morgan fingerprint density at radius 1 is 1.18 bits per heavy atom. The molecule has 0 radical (unpaired) electrons. The molecule has 0 saturated heterocycles. The van der Waals surface area contributed by atoms with Crippen LogP contribution in [0.1, 0.15) is 51.5 Å². The van der Waals surface area contributed by atoms with Crippen molar-refractivity contribution in [3.8, 4) is 17.6 Å². The zero-order valence-corrected chi connectivity index (χ0v) is 20.1. The van der Waals surface area contributed by atoms with Gasteiger partial charge in [0.25, 0.3) is 11.8 Å². The molecule has 0 aliphatic rings. The van der Waals surface area contributed by atoms with E-state index in [9.17, 15) is 9.59 Å². The Hall–Kier alpha value is -3.54. The summed E-state index contributed by atoms with van der Waals surface area (Å²) in [5.74, 6) is -1.73. The maximum Gasteiger partial charge on any atom is 0.268 e. The molecular formula is C24H21Cl2FN4O3. The second kappa shape index (κ2) is 10.6. The fourth-order valence-corrected chi connectivity index (χ4v) is 3.54. The van der Waals surface area contributed by atoms with Gasteiger partial charge in [0, 0.05) is 23.2 Å². The zero-order chi connectivity index (χ0) is 25.0. The molecule has 10 heteroatoms. The highest BCUT2D eigenvalue weighted by Crippen LogP contribution is 2.35. The Bertz CT molecular complexity index is 1300. The normalized spacial score (nSPS) is 10.6. The van der Waals surface area contributed by atoms with Gasteiger partial charge in [-0.1, -0.05) is 29.3 Å². The summed E-state index contributed by atoms with van der Waals surface area (Å²) in [5, 5.41) is 14.7. The van der Waals surface area contributed by atoms with E-state index in [0.717, 1.165) is 0 Å². The first kappa shape index (κ1) is 25.1. The molecule has 2 aromatic carbocycles. The van der Waals surface area contributed by atoms with E-state index in [0.29, 0.717) is 5.56 Å². The van der Waals surface area contributed by atoms with Crippen LogP contribution in [0.2, 0.25) is 10.0 Å². The average molecular weight is 503 g/mol. The van der Waals surface area contributed by atoms with E-state index in [1.54, 1.807) is 13.0 Å². The van der Waals surface area contributed by atoms with Crippen molar-refractivity contribution in [3.63, 3.8) is 0 Å². The van der Waals surface area contributed by atoms with Crippen LogP contribution in [-0.2, 0) is 6.54 Å². The van der Waals surface area contributed by atoms with Crippen molar-refractivity contribution >= 4 is 35.0 Å². The number of nitrogens with zero attached hydrogens (tertiary/aromatic N) is 1. The lowest BCUT2D eigenvalue weighted by molar-refractivity contribution is 0.0938. The van der Waals surface area contributed by atoms with Gasteiger partial charge < -0.3 is 20.4 Å². The zero-order valence-electron chi connectivity index (χ0n) is 18.6. The molecule has 3 N–H and O–H groups in total. The number of benzene rings is 2. The molecule has 1 aromatic heterocycles. The van der Waals surface area contributed by atoms with E-state index in [2.05, 4.69) is 15.6 Å². The maximum absolute atomic E-state index is 15.1. The molecule has 176 valence electrons. The van der Waals surface area contributed by atoms with Crippen LogP contribution < -0.4 is 15.4 Å². The van der Waals surface area contributed by atoms with Gasteiger partial charge in [-0.3, -0.25) is 9.59 Å². The molecule has 0 saturated carbocycles. The van der Waals surface area contributed by atoms with Crippen molar-refractivity contribution in [2.24, 2.45) is 0 Å². The minimum atomic E-state index is -0.772. The van der Waals surface area contributed by atoms with Crippen molar-refractivity contribution < 1.29 is 18.7 Å². The fourth-order valence-electron chi connectivity index (χ4n) is 3.13. The second-order valence-corrected chi connectivity index (χ2v) is 8.63. The number of amides is 2. The number of halogens is 3. The number of carbonyl (C=O) groups excluding carboxylic acids is 2. The van der Waals surface area contributed by atoms with Crippen LogP contribution in [0, 0.1) is 24.1 Å². The van der Waals surface area contributed by atoms with E-state index in [-0.39, 0.29) is 62.6 Å². The van der Waals surface area contributed by atoms with Crippen LogP contribution in [0.25, 0.3) is 0 Å². The topological polar surface area (TPSA) is 107 Å². The van der Waals surface area contributed by atoms with Crippen molar-refractivity contribution in [3.05, 3.63) is 80.3 Å². The van der Waals surface area contributed by atoms with E-state index in [1.165, 1.54) is 30.3 Å². The first-order valence-corrected chi connectivity index (χ1v) is 11.0. The van der Waals surface area contributed by atoms with Crippen molar-refractivity contribution in [2.75, 3.05) is 0 Å². The van der Waals surface area contributed by atoms with Gasteiger partial charge in [0.15, 0.2) is 11.6 Å². The molecule has 0 aliphatic carbocycles. The summed E-state index contributed by atoms with van der Waals surface area (Å²) in [5.41, 5.74) is 1.38. The molecule has 2 amide bonds. The highest BCUT2D eigenvalue weighted by molar-refractivity contribution is 6.32. The summed E-state index contributed by atoms with van der Waals surface area (Å²) in [6.07, 6.45) is 0. The van der Waals surface area contributed by atoms with Crippen LogP contribution in [0.3, 0.4) is 0 Å². The quantitative estimate of drug-likeness (QED) is 0.396. The number of carbonyl (C=O) groups is 2. The second-order valence-electron chi connectivity index (χ2n) is 7.79. The van der Waals surface area contributed by atoms with Gasteiger partial charge in [0.2, 0.25) is 0 Å². The van der Waals surface area contributed by atoms with E-state index in [4.69, 9.17) is 33.2 Å². The monoisotopic (exact) mass is 502 g/mol. The first-order valence-electron chi connectivity index (χ1n) is 10.2. The largest absolute Gasteiger partial charge is 0.453 e. The summed E-state index contributed by atoms with van der Waals surface area (Å²) in [6.45, 7) is 5.18. The molecule has 1 heterocycles. The number of hydrogen-bond acceptors (Lipinski definition) is 4. The van der Waals surface area contributed by atoms with Crippen LogP contribution in [0.15, 0.2) is 36.4 Å². The highest BCUT2D eigenvalue weighted by atomic mass is 35.5. The van der Waals surface area contributed by atoms with Gasteiger partial charge in [-0.05, 0) is 56.7 Å². The summed E-state index contributed by atoms with van der Waals surface area (Å²) >= 11 is 12.1. The third-order valence-electron chi connectivity index (χ3n) is 4.70. The molecule has 34 heavy (non-hydrogen) atoms. The van der Waals surface area contributed by atoms with Crippen LogP contribution >= 0.6 is 23.2 Å². The SMILES string of the molecule is Cc1cc(C(=O)NC(C)C)[nH]c1C(=O)NCc1ccc(Cl)c(Oc2cc(Cl)cc(C#N)c2)c1F. The molecule has 3 aromatic rings. The number of ether oxygens (including phenoxy) is 1.